The number of hydrogen-bond acceptors (Lipinski definition) is 1. The Labute approximate surface area is 111 Å². The molecule has 0 atom stereocenters. The van der Waals surface area contributed by atoms with Gasteiger partial charge in [0.15, 0.2) is 0 Å². The number of H-pyrrole nitrogens is 1. The van der Waals surface area contributed by atoms with Gasteiger partial charge in [0.25, 0.3) is 0 Å². The second kappa shape index (κ2) is 4.76. The van der Waals surface area contributed by atoms with Crippen molar-refractivity contribution in [3.63, 3.8) is 0 Å². The van der Waals surface area contributed by atoms with Crippen molar-refractivity contribution in [2.75, 3.05) is 5.32 Å². The summed E-state index contributed by atoms with van der Waals surface area (Å²) >= 11 is 0. The van der Waals surface area contributed by atoms with E-state index in [1.54, 1.807) is 6.07 Å². The van der Waals surface area contributed by atoms with Crippen LogP contribution in [-0.2, 0) is 6.54 Å². The Kier molecular flexibility index (Phi) is 2.95. The van der Waals surface area contributed by atoms with Crippen LogP contribution >= 0.6 is 0 Å². The van der Waals surface area contributed by atoms with Gasteiger partial charge in [-0.15, -0.1) is 0 Å². The van der Waals surface area contributed by atoms with E-state index in [9.17, 15) is 4.39 Å². The maximum atomic E-state index is 13.7. The van der Waals surface area contributed by atoms with Crippen LogP contribution in [0.15, 0.2) is 48.7 Å². The number of aromatic amines is 1. The molecule has 0 aliphatic heterocycles. The van der Waals surface area contributed by atoms with Crippen LogP contribution in [0.3, 0.4) is 0 Å². The predicted molar refractivity (Wildman–Crippen MR) is 76.8 cm³/mol. The molecule has 3 aromatic rings. The fourth-order valence-electron chi connectivity index (χ4n) is 2.27. The van der Waals surface area contributed by atoms with Crippen LogP contribution < -0.4 is 5.32 Å². The van der Waals surface area contributed by atoms with Crippen molar-refractivity contribution in [3.8, 4) is 0 Å². The molecular weight excluding hydrogens is 239 g/mol. The highest BCUT2D eigenvalue weighted by Gasteiger charge is 2.04. The van der Waals surface area contributed by atoms with Crippen LogP contribution in [-0.4, -0.2) is 4.98 Å². The van der Waals surface area contributed by atoms with Gasteiger partial charge in [0.2, 0.25) is 0 Å². The quantitative estimate of drug-likeness (QED) is 0.719. The fraction of sp³-hybridized carbons (Fsp3) is 0.125. The molecule has 0 amide bonds. The SMILES string of the molecule is Cc1ccc(F)c(NCc2cccc3[nH]ccc23)c1. The average Bonchev–Trinajstić information content (AvgIpc) is 2.88. The molecule has 0 bridgehead atoms. The summed E-state index contributed by atoms with van der Waals surface area (Å²) in [6.45, 7) is 2.56. The standard InChI is InChI=1S/C16H15FN2/c1-11-5-6-14(17)16(9-11)19-10-12-3-2-4-15-13(12)7-8-18-15/h2-9,18-19H,10H2,1H3. The first-order valence-corrected chi connectivity index (χ1v) is 6.29. The zero-order valence-electron chi connectivity index (χ0n) is 10.7. The van der Waals surface area contributed by atoms with Crippen molar-refractivity contribution in [1.82, 2.24) is 4.98 Å². The predicted octanol–water partition coefficient (Wildman–Crippen LogP) is 4.23. The highest BCUT2D eigenvalue weighted by molar-refractivity contribution is 5.83. The lowest BCUT2D eigenvalue weighted by atomic mass is 10.1. The van der Waals surface area contributed by atoms with E-state index in [1.165, 1.54) is 11.5 Å². The molecule has 2 N–H and O–H groups in total. The zero-order valence-corrected chi connectivity index (χ0v) is 10.7. The molecule has 0 unspecified atom stereocenters. The van der Waals surface area contributed by atoms with Crippen molar-refractivity contribution in [1.29, 1.82) is 0 Å². The number of nitrogens with one attached hydrogen (secondary N) is 2. The summed E-state index contributed by atoms with van der Waals surface area (Å²) < 4.78 is 13.7. The molecular formula is C16H15FN2. The lowest BCUT2D eigenvalue weighted by Gasteiger charge is -2.09. The summed E-state index contributed by atoms with van der Waals surface area (Å²) in [5.74, 6) is -0.216. The van der Waals surface area contributed by atoms with Crippen LogP contribution in [0.4, 0.5) is 10.1 Å². The third-order valence-electron chi connectivity index (χ3n) is 3.28. The molecule has 2 aromatic carbocycles. The number of anilines is 1. The molecule has 96 valence electrons. The molecule has 0 saturated carbocycles. The number of hydrogen-bond donors (Lipinski definition) is 2. The summed E-state index contributed by atoms with van der Waals surface area (Å²) in [6.07, 6.45) is 1.92. The van der Waals surface area contributed by atoms with Gasteiger partial charge in [-0.2, -0.15) is 0 Å². The Morgan fingerprint density at radius 1 is 1.16 bits per heavy atom. The first kappa shape index (κ1) is 11.8. The van der Waals surface area contributed by atoms with Crippen molar-refractivity contribution >= 4 is 16.6 Å². The van der Waals surface area contributed by atoms with E-state index in [0.717, 1.165) is 16.6 Å². The number of rotatable bonds is 3. The van der Waals surface area contributed by atoms with Gasteiger partial charge in [-0.3, -0.25) is 0 Å². The molecule has 0 aliphatic carbocycles. The Morgan fingerprint density at radius 2 is 2.05 bits per heavy atom. The number of aromatic nitrogens is 1. The van der Waals surface area contributed by atoms with Crippen LogP contribution in [0.2, 0.25) is 0 Å². The van der Waals surface area contributed by atoms with Crippen molar-refractivity contribution in [2.24, 2.45) is 0 Å². The van der Waals surface area contributed by atoms with Gasteiger partial charge >= 0.3 is 0 Å². The molecule has 1 aromatic heterocycles. The van der Waals surface area contributed by atoms with Crippen LogP contribution in [0.5, 0.6) is 0 Å². The van der Waals surface area contributed by atoms with Crippen molar-refractivity contribution in [2.45, 2.75) is 13.5 Å². The summed E-state index contributed by atoms with van der Waals surface area (Å²) in [6, 6.07) is 13.2. The molecule has 0 saturated heterocycles. The minimum Gasteiger partial charge on any atom is -0.379 e. The van der Waals surface area contributed by atoms with E-state index in [4.69, 9.17) is 0 Å². The van der Waals surface area contributed by atoms with E-state index < -0.39 is 0 Å². The van der Waals surface area contributed by atoms with E-state index in [0.29, 0.717) is 12.2 Å². The third kappa shape index (κ3) is 2.32. The van der Waals surface area contributed by atoms with E-state index >= 15 is 0 Å². The lowest BCUT2D eigenvalue weighted by Crippen LogP contribution is -2.02. The molecule has 3 heteroatoms. The first-order valence-electron chi connectivity index (χ1n) is 6.29. The van der Waals surface area contributed by atoms with Gasteiger partial charge < -0.3 is 10.3 Å². The highest BCUT2D eigenvalue weighted by atomic mass is 19.1. The zero-order chi connectivity index (χ0) is 13.2. The smallest absolute Gasteiger partial charge is 0.146 e. The Balaban J connectivity index is 1.86. The largest absolute Gasteiger partial charge is 0.379 e. The number of aryl methyl sites for hydroxylation is 1. The van der Waals surface area contributed by atoms with Gasteiger partial charge in [-0.25, -0.2) is 4.39 Å². The Bertz CT molecular complexity index is 716. The topological polar surface area (TPSA) is 27.8 Å². The normalized spacial score (nSPS) is 10.8. The Morgan fingerprint density at radius 3 is 2.95 bits per heavy atom. The molecule has 19 heavy (non-hydrogen) atoms. The number of halogens is 1. The second-order valence-electron chi connectivity index (χ2n) is 4.69. The maximum absolute atomic E-state index is 13.7. The molecule has 0 aliphatic rings. The van der Waals surface area contributed by atoms with Crippen LogP contribution in [0.25, 0.3) is 10.9 Å². The van der Waals surface area contributed by atoms with E-state index in [1.807, 2.05) is 37.4 Å². The maximum Gasteiger partial charge on any atom is 0.146 e. The number of fused-ring (bicyclic) bond motifs is 1. The summed E-state index contributed by atoms with van der Waals surface area (Å²) in [7, 11) is 0. The number of benzene rings is 2. The summed E-state index contributed by atoms with van der Waals surface area (Å²) in [5, 5.41) is 4.33. The summed E-state index contributed by atoms with van der Waals surface area (Å²) in [4.78, 5) is 3.18. The van der Waals surface area contributed by atoms with Gasteiger partial charge in [0.05, 0.1) is 5.69 Å². The third-order valence-corrected chi connectivity index (χ3v) is 3.28. The minimum absolute atomic E-state index is 0.216. The molecule has 0 fully saturated rings. The fourth-order valence-corrected chi connectivity index (χ4v) is 2.27. The van der Waals surface area contributed by atoms with Crippen molar-refractivity contribution in [3.05, 3.63) is 65.6 Å². The van der Waals surface area contributed by atoms with Gasteiger partial charge in [0.1, 0.15) is 5.82 Å². The molecule has 1 heterocycles. The molecule has 2 nitrogen and oxygen atoms in total. The van der Waals surface area contributed by atoms with E-state index in [2.05, 4.69) is 16.4 Å². The molecule has 0 radical (unpaired) electrons. The first-order chi connectivity index (χ1) is 9.24. The van der Waals surface area contributed by atoms with Gasteiger partial charge in [-0.1, -0.05) is 18.2 Å². The van der Waals surface area contributed by atoms with Crippen LogP contribution in [0, 0.1) is 12.7 Å². The van der Waals surface area contributed by atoms with E-state index in [-0.39, 0.29) is 5.82 Å². The highest BCUT2D eigenvalue weighted by Crippen LogP contribution is 2.20. The summed E-state index contributed by atoms with van der Waals surface area (Å²) in [5.41, 5.74) is 3.85. The lowest BCUT2D eigenvalue weighted by molar-refractivity contribution is 0.629. The monoisotopic (exact) mass is 254 g/mol. The van der Waals surface area contributed by atoms with Crippen molar-refractivity contribution < 1.29 is 4.39 Å². The van der Waals surface area contributed by atoms with Gasteiger partial charge in [-0.05, 0) is 42.3 Å². The minimum atomic E-state index is -0.216. The Hall–Kier alpha value is -2.29. The second-order valence-corrected chi connectivity index (χ2v) is 4.69. The van der Waals surface area contributed by atoms with Crippen LogP contribution in [0.1, 0.15) is 11.1 Å². The average molecular weight is 254 g/mol. The molecule has 3 rings (SSSR count). The molecule has 0 spiro atoms. The van der Waals surface area contributed by atoms with Gasteiger partial charge in [0, 0.05) is 23.6 Å².